The Hall–Kier alpha value is 0.270. The molecule has 2 unspecified atom stereocenters. The van der Waals surface area contributed by atoms with Crippen LogP contribution in [0, 0.1) is 0 Å². The largest absolute Gasteiger partial charge is 0.541 e. The average Bonchev–Trinajstić information content (AvgIpc) is 2.05. The summed E-state index contributed by atoms with van der Waals surface area (Å²) in [6.07, 6.45) is 0. The van der Waals surface area contributed by atoms with E-state index in [0.29, 0.717) is 26.3 Å². The summed E-state index contributed by atoms with van der Waals surface area (Å²) in [5.41, 5.74) is 0. The highest BCUT2D eigenvalue weighted by Gasteiger charge is 2.33. The summed E-state index contributed by atoms with van der Waals surface area (Å²) in [7, 11) is -2.30. The van der Waals surface area contributed by atoms with Crippen LogP contribution in [0.25, 0.3) is 0 Å². The first-order valence-corrected chi connectivity index (χ1v) is 5.04. The van der Waals surface area contributed by atoms with Gasteiger partial charge in [-0.15, -0.1) is 0 Å². The molecule has 1 saturated heterocycles. The number of alkyl halides is 1. The maximum Gasteiger partial charge on any atom is 0.541 e. The highest BCUT2D eigenvalue weighted by Crippen LogP contribution is 2.29. The van der Waals surface area contributed by atoms with Gasteiger partial charge in [-0.1, -0.05) is 0 Å². The van der Waals surface area contributed by atoms with Crippen molar-refractivity contribution in [1.82, 2.24) is 4.90 Å². The van der Waals surface area contributed by atoms with Crippen LogP contribution in [-0.4, -0.2) is 41.3 Å². The minimum Gasteiger partial charge on any atom is -0.379 e. The van der Waals surface area contributed by atoms with Crippen LogP contribution in [0.3, 0.4) is 0 Å². The summed E-state index contributed by atoms with van der Waals surface area (Å²) in [6, 6.07) is 0. The van der Waals surface area contributed by atoms with Crippen molar-refractivity contribution in [3.63, 3.8) is 0 Å². The molecule has 1 aliphatic heterocycles. The van der Waals surface area contributed by atoms with Crippen LogP contribution in [0.4, 0.5) is 0 Å². The topological polar surface area (TPSA) is 49.8 Å². The van der Waals surface area contributed by atoms with E-state index in [9.17, 15) is 4.57 Å². The first kappa shape index (κ1) is 9.36. The predicted molar refractivity (Wildman–Crippen MR) is 41.9 cm³/mol. The molecule has 2 atom stereocenters. The highest BCUT2D eigenvalue weighted by atomic mass is 35.5. The van der Waals surface area contributed by atoms with E-state index in [1.54, 1.807) is 4.90 Å². The Balaban J connectivity index is 2.38. The molecule has 11 heavy (non-hydrogen) atoms. The van der Waals surface area contributed by atoms with E-state index < -0.39 is 13.3 Å². The zero-order valence-corrected chi connectivity index (χ0v) is 7.59. The van der Waals surface area contributed by atoms with Gasteiger partial charge < -0.3 is 4.74 Å². The van der Waals surface area contributed by atoms with Crippen molar-refractivity contribution < 1.29 is 14.2 Å². The zero-order chi connectivity index (χ0) is 8.27. The number of rotatable bonds is 2. The molecule has 0 saturated carbocycles. The molecule has 1 N–H and O–H groups in total. The van der Waals surface area contributed by atoms with Crippen molar-refractivity contribution in [1.29, 1.82) is 0 Å². The zero-order valence-electron chi connectivity index (χ0n) is 5.94. The Labute approximate surface area is 71.0 Å². The fourth-order valence-electron chi connectivity index (χ4n) is 0.930. The minimum absolute atomic E-state index is 0.590. The van der Waals surface area contributed by atoms with Crippen LogP contribution in [0.1, 0.15) is 0 Å². The third kappa shape index (κ3) is 2.65. The van der Waals surface area contributed by atoms with Crippen LogP contribution < -0.4 is 0 Å². The van der Waals surface area contributed by atoms with Crippen molar-refractivity contribution in [2.75, 3.05) is 26.3 Å². The first-order chi connectivity index (χ1) is 5.22. The molecule has 64 valence electrons. The van der Waals surface area contributed by atoms with Gasteiger partial charge in [0.15, 0.2) is 0 Å². The lowest BCUT2D eigenvalue weighted by molar-refractivity contribution is 0.0407. The summed E-state index contributed by atoms with van der Waals surface area (Å²) in [5.74, 6) is 0. The molecular formula is C5H10ClNO3P+. The SMILES string of the molecule is O=[P+](O)C(Cl)N1CCOCC1. The fraction of sp³-hybridized carbons (Fsp3) is 1.00. The Bertz CT molecular complexity index is 151. The number of hydrogen-bond acceptors (Lipinski definition) is 3. The van der Waals surface area contributed by atoms with Crippen LogP contribution >= 0.6 is 19.6 Å². The smallest absolute Gasteiger partial charge is 0.379 e. The molecule has 1 aliphatic rings. The van der Waals surface area contributed by atoms with Gasteiger partial charge in [-0.3, -0.25) is 0 Å². The van der Waals surface area contributed by atoms with Gasteiger partial charge >= 0.3 is 13.3 Å². The van der Waals surface area contributed by atoms with Gasteiger partial charge in [-0.2, -0.15) is 4.89 Å². The van der Waals surface area contributed by atoms with Crippen LogP contribution in [0.15, 0.2) is 0 Å². The van der Waals surface area contributed by atoms with Gasteiger partial charge in [0.2, 0.25) is 0 Å². The molecule has 1 fully saturated rings. The number of morpholine rings is 1. The molecule has 0 spiro atoms. The van der Waals surface area contributed by atoms with Crippen molar-refractivity contribution in [3.05, 3.63) is 0 Å². The summed E-state index contributed by atoms with van der Waals surface area (Å²) >= 11 is 5.63. The first-order valence-electron chi connectivity index (χ1n) is 3.33. The second-order valence-corrected chi connectivity index (χ2v) is 4.07. The second kappa shape index (κ2) is 4.33. The Morgan fingerprint density at radius 3 is 2.55 bits per heavy atom. The van der Waals surface area contributed by atoms with Gasteiger partial charge in [0.25, 0.3) is 0 Å². The standard InChI is InChI=1S/C5H9ClNO3P/c6-5(11(8)9)7-1-3-10-4-2-7/h5H,1-4H2/p+1. The lowest BCUT2D eigenvalue weighted by Gasteiger charge is -2.24. The third-order valence-corrected chi connectivity index (χ3v) is 3.00. The molecule has 0 aromatic carbocycles. The van der Waals surface area contributed by atoms with E-state index in [4.69, 9.17) is 21.2 Å². The van der Waals surface area contributed by atoms with Crippen molar-refractivity contribution >= 4 is 19.6 Å². The lowest BCUT2D eigenvalue weighted by atomic mass is 10.5. The number of hydrogen-bond donors (Lipinski definition) is 1. The molecule has 0 aromatic heterocycles. The highest BCUT2D eigenvalue weighted by molar-refractivity contribution is 7.41. The maximum atomic E-state index is 10.5. The van der Waals surface area contributed by atoms with Crippen LogP contribution in [-0.2, 0) is 9.30 Å². The van der Waals surface area contributed by atoms with Gasteiger partial charge in [0.1, 0.15) is 0 Å². The van der Waals surface area contributed by atoms with Crippen molar-refractivity contribution in [2.45, 2.75) is 5.24 Å². The Morgan fingerprint density at radius 1 is 1.55 bits per heavy atom. The normalized spacial score (nSPS) is 24.7. The molecule has 1 heterocycles. The van der Waals surface area contributed by atoms with Gasteiger partial charge in [0.05, 0.1) is 13.2 Å². The molecule has 0 aromatic rings. The predicted octanol–water partition coefficient (Wildman–Crippen LogP) is 0.576. The van der Waals surface area contributed by atoms with Gasteiger partial charge in [-0.05, 0) is 16.2 Å². The molecule has 1 rings (SSSR count). The Kier molecular flexibility index (Phi) is 3.69. The van der Waals surface area contributed by atoms with E-state index in [2.05, 4.69) is 0 Å². The van der Waals surface area contributed by atoms with Crippen molar-refractivity contribution in [2.24, 2.45) is 0 Å². The number of nitrogens with zero attached hydrogens (tertiary/aromatic N) is 1. The Morgan fingerprint density at radius 2 is 2.09 bits per heavy atom. The summed E-state index contributed by atoms with van der Waals surface area (Å²) < 4.78 is 15.6. The molecule has 0 amide bonds. The monoisotopic (exact) mass is 198 g/mol. The molecule has 0 aliphatic carbocycles. The van der Waals surface area contributed by atoms with E-state index in [1.165, 1.54) is 0 Å². The maximum absolute atomic E-state index is 10.5. The third-order valence-electron chi connectivity index (χ3n) is 1.53. The quantitative estimate of drug-likeness (QED) is 0.401. The molecule has 4 nitrogen and oxygen atoms in total. The second-order valence-electron chi connectivity index (χ2n) is 2.26. The number of ether oxygens (including phenoxy) is 1. The molecule has 0 bridgehead atoms. The summed E-state index contributed by atoms with van der Waals surface area (Å²) in [6.45, 7) is 2.45. The number of halogens is 1. The summed E-state index contributed by atoms with van der Waals surface area (Å²) in [4.78, 5) is 10.4. The van der Waals surface area contributed by atoms with E-state index in [-0.39, 0.29) is 0 Å². The molecule has 6 heteroatoms. The van der Waals surface area contributed by atoms with Crippen LogP contribution in [0.2, 0.25) is 0 Å². The molecule has 0 radical (unpaired) electrons. The van der Waals surface area contributed by atoms with E-state index in [1.807, 2.05) is 0 Å². The van der Waals surface area contributed by atoms with Gasteiger partial charge in [-0.25, -0.2) is 4.90 Å². The van der Waals surface area contributed by atoms with Crippen molar-refractivity contribution in [3.8, 4) is 0 Å². The fourth-order valence-corrected chi connectivity index (χ4v) is 1.64. The van der Waals surface area contributed by atoms with Gasteiger partial charge in [0, 0.05) is 13.1 Å². The average molecular weight is 199 g/mol. The van der Waals surface area contributed by atoms with E-state index in [0.717, 1.165) is 0 Å². The summed E-state index contributed by atoms with van der Waals surface area (Å²) in [5, 5.41) is -0.756. The molecular weight excluding hydrogens is 188 g/mol. The van der Waals surface area contributed by atoms with Crippen LogP contribution in [0.5, 0.6) is 0 Å². The van der Waals surface area contributed by atoms with E-state index >= 15 is 0 Å². The minimum atomic E-state index is -2.30. The lowest BCUT2D eigenvalue weighted by Crippen LogP contribution is -2.39.